The molecule has 0 saturated carbocycles. The van der Waals surface area contributed by atoms with Gasteiger partial charge in [-0.3, -0.25) is 9.59 Å². The maximum Gasteiger partial charge on any atom is 0.246 e. The fourth-order valence-electron chi connectivity index (χ4n) is 1.44. The van der Waals surface area contributed by atoms with Gasteiger partial charge in [0, 0.05) is 27.7 Å². The van der Waals surface area contributed by atoms with E-state index >= 15 is 0 Å². The van der Waals surface area contributed by atoms with E-state index in [9.17, 15) is 9.59 Å². The van der Waals surface area contributed by atoms with Gasteiger partial charge >= 0.3 is 0 Å². The number of methoxy groups -OCH3 is 2. The van der Waals surface area contributed by atoms with Crippen molar-refractivity contribution in [1.29, 1.82) is 0 Å². The van der Waals surface area contributed by atoms with Crippen molar-refractivity contribution in [3.8, 4) is 0 Å². The van der Waals surface area contributed by atoms with E-state index in [0.29, 0.717) is 26.4 Å². The highest BCUT2D eigenvalue weighted by Gasteiger charge is 2.10. The fourth-order valence-corrected chi connectivity index (χ4v) is 1.44. The molecule has 0 aromatic carbocycles. The molecule has 22 heavy (non-hydrogen) atoms. The van der Waals surface area contributed by atoms with Crippen LogP contribution in [0.4, 0.5) is 0 Å². The minimum absolute atomic E-state index is 0.0310. The number of amides is 1. The summed E-state index contributed by atoms with van der Waals surface area (Å²) in [4.78, 5) is 27.0. The molecule has 128 valence electrons. The Morgan fingerprint density at radius 3 is 2.45 bits per heavy atom. The van der Waals surface area contributed by atoms with Gasteiger partial charge in [-0.15, -0.1) is 0 Å². The zero-order valence-corrected chi connectivity index (χ0v) is 13.5. The maximum absolute atomic E-state index is 11.6. The van der Waals surface area contributed by atoms with E-state index in [0.717, 1.165) is 19.1 Å². The molecule has 0 bridgehead atoms. The van der Waals surface area contributed by atoms with Crippen LogP contribution in [0.2, 0.25) is 0 Å². The first-order valence-corrected chi connectivity index (χ1v) is 7.12. The summed E-state index contributed by atoms with van der Waals surface area (Å²) in [7, 11) is 3.13. The van der Waals surface area contributed by atoms with Crippen LogP contribution in [0.25, 0.3) is 0 Å². The summed E-state index contributed by atoms with van der Waals surface area (Å²) in [5, 5.41) is 6.22. The van der Waals surface area contributed by atoms with Gasteiger partial charge in [-0.2, -0.15) is 0 Å². The number of ketones is 1. The molecular weight excluding hydrogens is 292 g/mol. The number of nitrogens with one attached hydrogen (secondary N) is 1. The summed E-state index contributed by atoms with van der Waals surface area (Å²) < 4.78 is 15.3. The molecule has 8 heteroatoms. The molecule has 0 aliphatic heterocycles. The minimum atomic E-state index is -0.256. The molecule has 0 atom stereocenters. The van der Waals surface area contributed by atoms with Gasteiger partial charge in [0.2, 0.25) is 5.91 Å². The standard InChI is InChI=1S/C14H26N2O6/c1-12(17)8-16-22-7-5-4-6-15-14(18)11-21-13(9-19-2)10-20-3/h8,13H,4-7,9-11H2,1-3H3,(H,15,18)/b16-8-. The van der Waals surface area contributed by atoms with E-state index < -0.39 is 0 Å². The molecule has 0 radical (unpaired) electrons. The number of oxime groups is 1. The number of Topliss-reactive ketones (excluding diaryl/α,β-unsaturated/α-hetero) is 1. The summed E-state index contributed by atoms with van der Waals surface area (Å²) >= 11 is 0. The van der Waals surface area contributed by atoms with Gasteiger partial charge in [-0.05, 0) is 12.8 Å². The highest BCUT2D eigenvalue weighted by molar-refractivity contribution is 6.26. The first kappa shape index (κ1) is 20.5. The number of rotatable bonds is 14. The molecule has 0 unspecified atom stereocenters. The highest BCUT2D eigenvalue weighted by Crippen LogP contribution is 1.94. The Kier molecular flexibility index (Phi) is 13.4. The molecule has 0 rings (SSSR count). The number of ether oxygens (including phenoxy) is 3. The number of hydrogen-bond donors (Lipinski definition) is 1. The lowest BCUT2D eigenvalue weighted by atomic mass is 10.3. The van der Waals surface area contributed by atoms with Gasteiger partial charge in [-0.25, -0.2) is 0 Å². The highest BCUT2D eigenvalue weighted by atomic mass is 16.6. The van der Waals surface area contributed by atoms with Crippen molar-refractivity contribution in [2.45, 2.75) is 25.9 Å². The van der Waals surface area contributed by atoms with Crippen LogP contribution in [-0.4, -0.2) is 71.2 Å². The number of hydrogen-bond acceptors (Lipinski definition) is 7. The van der Waals surface area contributed by atoms with E-state index in [1.54, 1.807) is 14.2 Å². The normalized spacial score (nSPS) is 11.1. The van der Waals surface area contributed by atoms with Gasteiger partial charge in [0.25, 0.3) is 0 Å². The number of carbonyl (C=O) groups excluding carboxylic acids is 2. The molecule has 0 spiro atoms. The Bertz CT molecular complexity index is 329. The largest absolute Gasteiger partial charge is 0.396 e. The van der Waals surface area contributed by atoms with Crippen molar-refractivity contribution in [1.82, 2.24) is 5.32 Å². The molecule has 1 N–H and O–H groups in total. The number of nitrogens with zero attached hydrogens (tertiary/aromatic N) is 1. The molecular formula is C14H26N2O6. The van der Waals surface area contributed by atoms with Crippen LogP contribution >= 0.6 is 0 Å². The van der Waals surface area contributed by atoms with Crippen LogP contribution in [0.5, 0.6) is 0 Å². The zero-order chi connectivity index (χ0) is 16.6. The van der Waals surface area contributed by atoms with Gasteiger partial charge in [0.15, 0.2) is 5.78 Å². The second-order valence-electron chi connectivity index (χ2n) is 4.58. The van der Waals surface area contributed by atoms with Crippen LogP contribution in [-0.2, 0) is 28.6 Å². The Balaban J connectivity index is 3.54. The van der Waals surface area contributed by atoms with E-state index in [-0.39, 0.29) is 24.4 Å². The van der Waals surface area contributed by atoms with Gasteiger partial charge in [0.05, 0.1) is 13.2 Å². The van der Waals surface area contributed by atoms with Crippen LogP contribution in [0.3, 0.4) is 0 Å². The molecule has 0 heterocycles. The Morgan fingerprint density at radius 2 is 1.86 bits per heavy atom. The number of unbranched alkanes of at least 4 members (excludes halogenated alkanes) is 1. The van der Waals surface area contributed by atoms with Crippen molar-refractivity contribution in [3.05, 3.63) is 0 Å². The van der Waals surface area contributed by atoms with Crippen LogP contribution in [0.1, 0.15) is 19.8 Å². The fraction of sp³-hybridized carbons (Fsp3) is 0.786. The zero-order valence-electron chi connectivity index (χ0n) is 13.5. The van der Waals surface area contributed by atoms with Crippen LogP contribution in [0, 0.1) is 0 Å². The minimum Gasteiger partial charge on any atom is -0.396 e. The third-order valence-corrected chi connectivity index (χ3v) is 2.45. The first-order valence-electron chi connectivity index (χ1n) is 7.12. The molecule has 0 aromatic heterocycles. The Morgan fingerprint density at radius 1 is 1.18 bits per heavy atom. The number of carbonyl (C=O) groups is 2. The predicted molar refractivity (Wildman–Crippen MR) is 80.9 cm³/mol. The maximum atomic E-state index is 11.6. The lowest BCUT2D eigenvalue weighted by Gasteiger charge is -2.15. The lowest BCUT2D eigenvalue weighted by molar-refractivity contribution is -0.130. The van der Waals surface area contributed by atoms with Crippen molar-refractivity contribution >= 4 is 17.9 Å². The monoisotopic (exact) mass is 318 g/mol. The summed E-state index contributed by atoms with van der Waals surface area (Å²) in [6, 6.07) is 0. The molecule has 0 fully saturated rings. The van der Waals surface area contributed by atoms with E-state index in [1.807, 2.05) is 0 Å². The molecule has 0 saturated heterocycles. The first-order chi connectivity index (χ1) is 10.6. The van der Waals surface area contributed by atoms with Crippen LogP contribution < -0.4 is 5.32 Å². The summed E-state index contributed by atoms with van der Waals surface area (Å²) in [5.41, 5.74) is 0. The third-order valence-electron chi connectivity index (χ3n) is 2.45. The van der Waals surface area contributed by atoms with Gasteiger partial charge < -0.3 is 24.4 Å². The topological polar surface area (TPSA) is 95.5 Å². The van der Waals surface area contributed by atoms with Gasteiger partial charge in [0.1, 0.15) is 25.5 Å². The van der Waals surface area contributed by atoms with Crippen molar-refractivity contribution < 1.29 is 28.6 Å². The second-order valence-corrected chi connectivity index (χ2v) is 4.58. The van der Waals surface area contributed by atoms with Crippen molar-refractivity contribution in [3.63, 3.8) is 0 Å². The average molecular weight is 318 g/mol. The quantitative estimate of drug-likeness (QED) is 0.278. The van der Waals surface area contributed by atoms with Gasteiger partial charge in [-0.1, -0.05) is 5.16 Å². The average Bonchev–Trinajstić information content (AvgIpc) is 2.47. The third kappa shape index (κ3) is 13.5. The van der Waals surface area contributed by atoms with Crippen LogP contribution in [0.15, 0.2) is 5.16 Å². The predicted octanol–water partition coefficient (Wildman–Crippen LogP) is 0.152. The molecule has 1 amide bonds. The van der Waals surface area contributed by atoms with E-state index in [4.69, 9.17) is 19.0 Å². The summed E-state index contributed by atoms with van der Waals surface area (Å²) in [5.74, 6) is -0.347. The van der Waals surface area contributed by atoms with Crippen molar-refractivity contribution in [2.75, 3.05) is 47.2 Å². The second kappa shape index (κ2) is 14.4. The smallest absolute Gasteiger partial charge is 0.246 e. The van der Waals surface area contributed by atoms with E-state index in [1.165, 1.54) is 6.92 Å². The molecule has 8 nitrogen and oxygen atoms in total. The van der Waals surface area contributed by atoms with E-state index in [2.05, 4.69) is 10.5 Å². The molecule has 0 aromatic rings. The summed E-state index contributed by atoms with van der Waals surface area (Å²) in [6.07, 6.45) is 2.34. The molecule has 0 aliphatic carbocycles. The Labute approximate surface area is 131 Å². The summed E-state index contributed by atoms with van der Waals surface area (Å²) in [6.45, 7) is 3.05. The lowest BCUT2D eigenvalue weighted by Crippen LogP contribution is -2.33. The Hall–Kier alpha value is -1.51. The van der Waals surface area contributed by atoms with Crippen molar-refractivity contribution in [2.24, 2.45) is 5.16 Å². The molecule has 0 aliphatic rings. The SMILES string of the molecule is COCC(COC)OCC(=O)NCCCCO/N=C\C(C)=O.